The van der Waals surface area contributed by atoms with Crippen LogP contribution in [0.15, 0.2) is 24.3 Å². The summed E-state index contributed by atoms with van der Waals surface area (Å²) in [5, 5.41) is 0. The Kier molecular flexibility index (Phi) is 10.3. The summed E-state index contributed by atoms with van der Waals surface area (Å²) < 4.78 is 42.6. The maximum atomic E-state index is 11.4. The zero-order valence-corrected chi connectivity index (χ0v) is 11.8. The Morgan fingerprint density at radius 2 is 1.40 bits per heavy atom. The minimum absolute atomic E-state index is 0.0470. The fraction of sp³-hybridized carbons (Fsp3) is 0.538. The molecule has 0 radical (unpaired) electrons. The average molecular weight is 296 g/mol. The zero-order valence-electron chi connectivity index (χ0n) is 11.8. The Morgan fingerprint density at radius 1 is 1.00 bits per heavy atom. The van der Waals surface area contributed by atoms with Crippen LogP contribution >= 0.6 is 0 Å². The molecule has 20 heavy (non-hydrogen) atoms. The monoisotopic (exact) mass is 296 g/mol. The summed E-state index contributed by atoms with van der Waals surface area (Å²) in [6, 6.07) is 0. The van der Waals surface area contributed by atoms with Gasteiger partial charge in [0.2, 0.25) is 0 Å². The number of alkyl halides is 3. The molecular formula is C13H19F3O4. The summed E-state index contributed by atoms with van der Waals surface area (Å²) in [7, 11) is 0. The molecule has 0 aromatic heterocycles. The molecule has 0 fully saturated rings. The van der Waals surface area contributed by atoms with Crippen molar-refractivity contribution < 1.29 is 32.2 Å². The summed E-state index contributed by atoms with van der Waals surface area (Å²) in [4.78, 5) is 20.9. The maximum Gasteiger partial charge on any atom is 0.422 e. The molecule has 0 bridgehead atoms. The van der Waals surface area contributed by atoms with E-state index in [-0.39, 0.29) is 11.5 Å². The molecular weight excluding hydrogens is 277 g/mol. The average Bonchev–Trinajstić information content (AvgIpc) is 2.32. The molecule has 0 aliphatic heterocycles. The van der Waals surface area contributed by atoms with Crippen LogP contribution in [0.3, 0.4) is 0 Å². The van der Waals surface area contributed by atoms with Crippen LogP contribution < -0.4 is 0 Å². The first-order valence-corrected chi connectivity index (χ1v) is 5.73. The summed E-state index contributed by atoms with van der Waals surface area (Å²) >= 11 is 0. The Hall–Kier alpha value is -1.79. The van der Waals surface area contributed by atoms with Crippen molar-refractivity contribution in [2.75, 3.05) is 13.2 Å². The number of carbonyl (C=O) groups excluding carboxylic acids is 2. The Labute approximate surface area is 116 Å². The van der Waals surface area contributed by atoms with Crippen LogP contribution in [0.4, 0.5) is 13.2 Å². The molecule has 4 nitrogen and oxygen atoms in total. The van der Waals surface area contributed by atoms with Gasteiger partial charge in [-0.25, -0.2) is 9.59 Å². The number of ether oxygens (including phenoxy) is 2. The second kappa shape index (κ2) is 10.1. The number of halogens is 3. The third-order valence-corrected chi connectivity index (χ3v) is 1.50. The predicted octanol–water partition coefficient (Wildman–Crippen LogP) is 3.18. The number of esters is 2. The van der Waals surface area contributed by atoms with Crippen molar-refractivity contribution in [3.63, 3.8) is 0 Å². The molecule has 7 heteroatoms. The SMILES string of the molecule is C=C(C)C(=O)OCC(F)(F)F.C=C(C)C(=O)OCCC. The first-order valence-electron chi connectivity index (χ1n) is 5.73. The van der Waals surface area contributed by atoms with Gasteiger partial charge in [-0.05, 0) is 20.3 Å². The van der Waals surface area contributed by atoms with Crippen LogP contribution in [0.25, 0.3) is 0 Å². The topological polar surface area (TPSA) is 52.6 Å². The van der Waals surface area contributed by atoms with Crippen LogP contribution in [-0.2, 0) is 19.1 Å². The van der Waals surface area contributed by atoms with Gasteiger partial charge in [0.1, 0.15) is 0 Å². The zero-order chi connectivity index (χ0) is 16.3. The summed E-state index contributed by atoms with van der Waals surface area (Å²) in [6.45, 7) is 10.3. The summed E-state index contributed by atoms with van der Waals surface area (Å²) in [5.74, 6) is -1.32. The van der Waals surface area contributed by atoms with E-state index in [2.05, 4.69) is 17.9 Å². The van der Waals surface area contributed by atoms with Gasteiger partial charge in [0.15, 0.2) is 6.61 Å². The fourth-order valence-electron chi connectivity index (χ4n) is 0.589. The molecule has 0 aliphatic carbocycles. The molecule has 116 valence electrons. The van der Waals surface area contributed by atoms with Crippen molar-refractivity contribution in [2.45, 2.75) is 33.4 Å². The smallest absolute Gasteiger partial charge is 0.422 e. The van der Waals surface area contributed by atoms with Gasteiger partial charge >= 0.3 is 18.1 Å². The first-order chi connectivity index (χ1) is 9.01. The van der Waals surface area contributed by atoms with E-state index in [9.17, 15) is 22.8 Å². The lowest BCUT2D eigenvalue weighted by Gasteiger charge is -2.06. The van der Waals surface area contributed by atoms with Crippen molar-refractivity contribution >= 4 is 11.9 Å². The van der Waals surface area contributed by atoms with Gasteiger partial charge in [-0.15, -0.1) is 0 Å². The van der Waals surface area contributed by atoms with Gasteiger partial charge in [-0.3, -0.25) is 0 Å². The van der Waals surface area contributed by atoms with E-state index in [1.165, 1.54) is 6.92 Å². The largest absolute Gasteiger partial charge is 0.462 e. The minimum atomic E-state index is -4.47. The molecule has 0 aliphatic rings. The second-order valence-electron chi connectivity index (χ2n) is 3.89. The molecule has 0 saturated heterocycles. The van der Waals surface area contributed by atoms with E-state index in [1.54, 1.807) is 6.92 Å². The van der Waals surface area contributed by atoms with Gasteiger partial charge < -0.3 is 9.47 Å². The molecule has 0 spiro atoms. The van der Waals surface area contributed by atoms with Crippen LogP contribution in [0.1, 0.15) is 27.2 Å². The van der Waals surface area contributed by atoms with Gasteiger partial charge in [-0.1, -0.05) is 20.1 Å². The molecule has 0 saturated carbocycles. The first kappa shape index (κ1) is 20.5. The van der Waals surface area contributed by atoms with E-state index >= 15 is 0 Å². The molecule has 0 rings (SSSR count). The van der Waals surface area contributed by atoms with E-state index in [0.717, 1.165) is 6.42 Å². The Balaban J connectivity index is 0. The van der Waals surface area contributed by atoms with Gasteiger partial charge in [0, 0.05) is 11.1 Å². The van der Waals surface area contributed by atoms with Crippen LogP contribution in [-0.4, -0.2) is 31.3 Å². The Morgan fingerprint density at radius 3 is 1.70 bits per heavy atom. The van der Waals surface area contributed by atoms with Crippen molar-refractivity contribution in [1.29, 1.82) is 0 Å². The molecule has 0 unspecified atom stereocenters. The van der Waals surface area contributed by atoms with E-state index in [1.807, 2.05) is 6.92 Å². The van der Waals surface area contributed by atoms with Crippen molar-refractivity contribution in [1.82, 2.24) is 0 Å². The van der Waals surface area contributed by atoms with Crippen LogP contribution in [0.5, 0.6) is 0 Å². The normalized spacial score (nSPS) is 9.90. The lowest BCUT2D eigenvalue weighted by molar-refractivity contribution is -0.183. The fourth-order valence-corrected chi connectivity index (χ4v) is 0.589. The second-order valence-corrected chi connectivity index (χ2v) is 3.89. The van der Waals surface area contributed by atoms with Gasteiger partial charge in [0.05, 0.1) is 6.61 Å². The highest BCUT2D eigenvalue weighted by atomic mass is 19.4. The molecule has 0 atom stereocenters. The van der Waals surface area contributed by atoms with Crippen molar-refractivity contribution in [3.05, 3.63) is 24.3 Å². The molecule has 0 aromatic rings. The number of carbonyl (C=O) groups is 2. The van der Waals surface area contributed by atoms with Gasteiger partial charge in [0.25, 0.3) is 0 Å². The van der Waals surface area contributed by atoms with Crippen molar-refractivity contribution in [2.24, 2.45) is 0 Å². The van der Waals surface area contributed by atoms with E-state index in [0.29, 0.717) is 12.2 Å². The molecule has 0 amide bonds. The van der Waals surface area contributed by atoms with Gasteiger partial charge in [-0.2, -0.15) is 13.2 Å². The molecule has 0 heterocycles. The maximum absolute atomic E-state index is 11.4. The number of hydrogen-bond donors (Lipinski definition) is 0. The quantitative estimate of drug-likeness (QED) is 0.577. The Bertz CT molecular complexity index is 359. The van der Waals surface area contributed by atoms with E-state index < -0.39 is 18.8 Å². The minimum Gasteiger partial charge on any atom is -0.462 e. The lowest BCUT2D eigenvalue weighted by atomic mass is 10.4. The van der Waals surface area contributed by atoms with Crippen LogP contribution in [0.2, 0.25) is 0 Å². The third-order valence-electron chi connectivity index (χ3n) is 1.50. The summed E-state index contributed by atoms with van der Waals surface area (Å²) in [6.07, 6.45) is -3.61. The summed E-state index contributed by atoms with van der Waals surface area (Å²) in [5.41, 5.74) is 0.415. The van der Waals surface area contributed by atoms with E-state index in [4.69, 9.17) is 4.74 Å². The third kappa shape index (κ3) is 14.3. The highest BCUT2D eigenvalue weighted by Crippen LogP contribution is 2.14. The highest BCUT2D eigenvalue weighted by Gasteiger charge is 2.29. The van der Waals surface area contributed by atoms with Crippen LogP contribution in [0, 0.1) is 0 Å². The number of rotatable bonds is 5. The predicted molar refractivity (Wildman–Crippen MR) is 67.9 cm³/mol. The highest BCUT2D eigenvalue weighted by molar-refractivity contribution is 5.87. The standard InChI is InChI=1S/C7H12O2.C6H7F3O2/c1-4-5-9-7(8)6(2)3;1-4(2)5(10)11-3-6(7,8)9/h2,4-5H2,1,3H3;1,3H2,2H3. The lowest BCUT2D eigenvalue weighted by Crippen LogP contribution is -2.20. The molecule has 0 aromatic carbocycles. The van der Waals surface area contributed by atoms with Crippen molar-refractivity contribution in [3.8, 4) is 0 Å². The molecule has 0 N–H and O–H groups in total. The number of hydrogen-bond acceptors (Lipinski definition) is 4.